The van der Waals surface area contributed by atoms with Crippen LogP contribution in [0.2, 0.25) is 0 Å². The van der Waals surface area contributed by atoms with Crippen molar-refractivity contribution in [2.45, 2.75) is 32.6 Å². The first-order valence-electron chi connectivity index (χ1n) is 4.97. The second-order valence-electron chi connectivity index (χ2n) is 3.41. The fourth-order valence-electron chi connectivity index (χ4n) is 1.68. The van der Waals surface area contributed by atoms with Gasteiger partial charge in [-0.15, -0.1) is 0 Å². The second kappa shape index (κ2) is 5.30. The molecule has 0 atom stereocenters. The van der Waals surface area contributed by atoms with Crippen molar-refractivity contribution < 1.29 is 4.79 Å². The van der Waals surface area contributed by atoms with E-state index < -0.39 is 0 Å². The van der Waals surface area contributed by atoms with Crippen LogP contribution in [0.4, 0.5) is 0 Å². The van der Waals surface area contributed by atoms with E-state index in [0.717, 1.165) is 29.2 Å². The molecule has 0 N–H and O–H groups in total. The van der Waals surface area contributed by atoms with Gasteiger partial charge in [0.2, 0.25) is 0 Å². The van der Waals surface area contributed by atoms with Gasteiger partial charge in [0.1, 0.15) is 6.29 Å². The largest absolute Gasteiger partial charge is 0.298 e. The Balaban J connectivity index is 3.03. The Hall–Kier alpha value is -0.630. The predicted molar refractivity (Wildman–Crippen MR) is 62.9 cm³/mol. The van der Waals surface area contributed by atoms with Gasteiger partial charge in [0.15, 0.2) is 0 Å². The minimum absolute atomic E-state index is 0.588. The summed E-state index contributed by atoms with van der Waals surface area (Å²) in [4.78, 5) is 10.6. The average molecular weight is 255 g/mol. The molecule has 0 heterocycles. The Morgan fingerprint density at radius 2 is 2.00 bits per heavy atom. The fourth-order valence-corrected chi connectivity index (χ4v) is 2.40. The van der Waals surface area contributed by atoms with Gasteiger partial charge in [-0.05, 0) is 30.4 Å². The molecule has 14 heavy (non-hydrogen) atoms. The van der Waals surface area contributed by atoms with E-state index in [4.69, 9.17) is 0 Å². The molecule has 1 nitrogen and oxygen atoms in total. The molecule has 0 saturated heterocycles. The molecule has 0 amide bonds. The molecular formula is C12H15BrO. The highest BCUT2D eigenvalue weighted by Gasteiger charge is 2.10. The van der Waals surface area contributed by atoms with Gasteiger partial charge in [0.25, 0.3) is 0 Å². The summed E-state index contributed by atoms with van der Waals surface area (Å²) >= 11 is 3.51. The van der Waals surface area contributed by atoms with Crippen molar-refractivity contribution in [3.8, 4) is 0 Å². The highest BCUT2D eigenvalue weighted by molar-refractivity contribution is 9.10. The Bertz CT molecular complexity index is 316. The van der Waals surface area contributed by atoms with E-state index in [1.54, 1.807) is 0 Å². The van der Waals surface area contributed by atoms with Gasteiger partial charge in [-0.25, -0.2) is 0 Å². The molecule has 0 radical (unpaired) electrons. The third-order valence-corrected chi connectivity index (χ3v) is 3.27. The first kappa shape index (κ1) is 11.4. The SMILES string of the molecule is CCC(CC)c1ccc(C=O)cc1Br. The van der Waals surface area contributed by atoms with Crippen LogP contribution in [0.1, 0.15) is 48.5 Å². The molecular weight excluding hydrogens is 240 g/mol. The monoisotopic (exact) mass is 254 g/mol. The molecule has 0 aliphatic carbocycles. The number of rotatable bonds is 4. The zero-order valence-electron chi connectivity index (χ0n) is 8.59. The summed E-state index contributed by atoms with van der Waals surface area (Å²) in [6, 6.07) is 5.82. The topological polar surface area (TPSA) is 17.1 Å². The molecule has 1 aromatic rings. The number of benzene rings is 1. The zero-order chi connectivity index (χ0) is 10.6. The van der Waals surface area contributed by atoms with E-state index in [0.29, 0.717) is 5.92 Å². The average Bonchev–Trinajstić information content (AvgIpc) is 2.22. The Morgan fingerprint density at radius 3 is 2.43 bits per heavy atom. The van der Waals surface area contributed by atoms with Crippen LogP contribution in [-0.4, -0.2) is 6.29 Å². The van der Waals surface area contributed by atoms with Crippen molar-refractivity contribution in [1.82, 2.24) is 0 Å². The summed E-state index contributed by atoms with van der Waals surface area (Å²) in [6.45, 7) is 4.38. The van der Waals surface area contributed by atoms with E-state index in [1.165, 1.54) is 5.56 Å². The zero-order valence-corrected chi connectivity index (χ0v) is 10.2. The first-order valence-corrected chi connectivity index (χ1v) is 5.76. The summed E-state index contributed by atoms with van der Waals surface area (Å²) in [5.41, 5.74) is 2.03. The summed E-state index contributed by atoms with van der Waals surface area (Å²) in [7, 11) is 0. The van der Waals surface area contributed by atoms with Crippen molar-refractivity contribution in [3.63, 3.8) is 0 Å². The van der Waals surface area contributed by atoms with Crippen molar-refractivity contribution in [1.29, 1.82) is 0 Å². The van der Waals surface area contributed by atoms with Gasteiger partial charge < -0.3 is 0 Å². The van der Waals surface area contributed by atoms with Crippen LogP contribution in [0.5, 0.6) is 0 Å². The van der Waals surface area contributed by atoms with Crippen LogP contribution in [0.15, 0.2) is 22.7 Å². The number of hydrogen-bond acceptors (Lipinski definition) is 1. The minimum Gasteiger partial charge on any atom is -0.298 e. The molecule has 0 unspecified atom stereocenters. The van der Waals surface area contributed by atoms with E-state index in [2.05, 4.69) is 29.8 Å². The van der Waals surface area contributed by atoms with E-state index in [-0.39, 0.29) is 0 Å². The van der Waals surface area contributed by atoms with Crippen LogP contribution in [-0.2, 0) is 0 Å². The maximum absolute atomic E-state index is 10.6. The molecule has 1 aromatic carbocycles. The van der Waals surface area contributed by atoms with Crippen LogP contribution in [0, 0.1) is 0 Å². The van der Waals surface area contributed by atoms with Crippen molar-refractivity contribution in [2.75, 3.05) is 0 Å². The predicted octanol–water partition coefficient (Wildman–Crippen LogP) is 4.17. The molecule has 0 aliphatic rings. The minimum atomic E-state index is 0.588. The summed E-state index contributed by atoms with van der Waals surface area (Å²) in [6.07, 6.45) is 3.15. The summed E-state index contributed by atoms with van der Waals surface area (Å²) in [5.74, 6) is 0.588. The molecule has 0 bridgehead atoms. The summed E-state index contributed by atoms with van der Waals surface area (Å²) in [5, 5.41) is 0. The van der Waals surface area contributed by atoms with E-state index in [9.17, 15) is 4.79 Å². The van der Waals surface area contributed by atoms with E-state index in [1.807, 2.05) is 18.2 Å². The highest BCUT2D eigenvalue weighted by Crippen LogP contribution is 2.30. The molecule has 0 spiro atoms. The Morgan fingerprint density at radius 1 is 1.36 bits per heavy atom. The van der Waals surface area contributed by atoms with Crippen LogP contribution < -0.4 is 0 Å². The Labute approximate surface area is 93.7 Å². The maximum atomic E-state index is 10.6. The van der Waals surface area contributed by atoms with Gasteiger partial charge in [0.05, 0.1) is 0 Å². The standard InChI is InChI=1S/C12H15BrO/c1-3-10(4-2)11-6-5-9(8-14)7-12(11)13/h5-8,10H,3-4H2,1-2H3. The molecule has 76 valence electrons. The lowest BCUT2D eigenvalue weighted by atomic mass is 9.93. The molecule has 0 fully saturated rings. The molecule has 1 rings (SSSR count). The van der Waals surface area contributed by atoms with Crippen molar-refractivity contribution in [2.24, 2.45) is 0 Å². The smallest absolute Gasteiger partial charge is 0.150 e. The summed E-state index contributed by atoms with van der Waals surface area (Å²) < 4.78 is 1.05. The van der Waals surface area contributed by atoms with Gasteiger partial charge in [0, 0.05) is 10.0 Å². The van der Waals surface area contributed by atoms with E-state index >= 15 is 0 Å². The normalized spacial score (nSPS) is 10.6. The van der Waals surface area contributed by atoms with Crippen LogP contribution in [0.3, 0.4) is 0 Å². The number of carbonyl (C=O) groups excluding carboxylic acids is 1. The number of aldehydes is 1. The number of carbonyl (C=O) groups is 1. The first-order chi connectivity index (χ1) is 6.72. The molecule has 0 aromatic heterocycles. The van der Waals surface area contributed by atoms with Crippen molar-refractivity contribution in [3.05, 3.63) is 33.8 Å². The highest BCUT2D eigenvalue weighted by atomic mass is 79.9. The van der Waals surface area contributed by atoms with Gasteiger partial charge in [-0.1, -0.05) is 41.9 Å². The van der Waals surface area contributed by atoms with Crippen molar-refractivity contribution >= 4 is 22.2 Å². The number of hydrogen-bond donors (Lipinski definition) is 0. The van der Waals surface area contributed by atoms with Crippen LogP contribution in [0.25, 0.3) is 0 Å². The third kappa shape index (κ3) is 2.44. The molecule has 0 saturated carbocycles. The lowest BCUT2D eigenvalue weighted by Gasteiger charge is -2.14. The number of halogens is 1. The van der Waals surface area contributed by atoms with Gasteiger partial charge in [-0.3, -0.25) is 4.79 Å². The third-order valence-electron chi connectivity index (χ3n) is 2.59. The fraction of sp³-hybridized carbons (Fsp3) is 0.417. The quantitative estimate of drug-likeness (QED) is 0.738. The van der Waals surface area contributed by atoms with Gasteiger partial charge >= 0.3 is 0 Å². The lowest BCUT2D eigenvalue weighted by Crippen LogP contribution is -1.97. The van der Waals surface area contributed by atoms with Crippen LogP contribution >= 0.6 is 15.9 Å². The maximum Gasteiger partial charge on any atom is 0.150 e. The molecule has 2 heteroatoms. The Kier molecular flexibility index (Phi) is 4.33. The lowest BCUT2D eigenvalue weighted by molar-refractivity contribution is 0.112. The van der Waals surface area contributed by atoms with Gasteiger partial charge in [-0.2, -0.15) is 0 Å². The molecule has 0 aliphatic heterocycles. The second-order valence-corrected chi connectivity index (χ2v) is 4.27.